The van der Waals surface area contributed by atoms with E-state index in [1.54, 1.807) is 0 Å². The van der Waals surface area contributed by atoms with E-state index < -0.39 is 0 Å². The van der Waals surface area contributed by atoms with Gasteiger partial charge in [0.05, 0.1) is 12.6 Å². The Bertz CT molecular complexity index is 332. The minimum absolute atomic E-state index is 0.282. The van der Waals surface area contributed by atoms with Gasteiger partial charge in [-0.25, -0.2) is 0 Å². The smallest absolute Gasteiger partial charge is 0.240 e. The van der Waals surface area contributed by atoms with Gasteiger partial charge in [0, 0.05) is 13.0 Å². The average Bonchev–Trinajstić information content (AvgIpc) is 2.90. The van der Waals surface area contributed by atoms with E-state index >= 15 is 0 Å². The van der Waals surface area contributed by atoms with Gasteiger partial charge in [0.15, 0.2) is 5.82 Å². The third-order valence-corrected chi connectivity index (χ3v) is 2.77. The van der Waals surface area contributed by atoms with E-state index in [0.717, 1.165) is 38.2 Å². The van der Waals surface area contributed by atoms with Crippen LogP contribution in [0.3, 0.4) is 0 Å². The molecule has 5 nitrogen and oxygen atoms in total. The minimum atomic E-state index is 0.282. The lowest BCUT2D eigenvalue weighted by molar-refractivity contribution is 0.109. The number of aromatic nitrogens is 2. The van der Waals surface area contributed by atoms with Gasteiger partial charge in [0.2, 0.25) is 5.89 Å². The molecule has 2 heterocycles. The molecule has 1 aromatic rings. The normalized spacial score (nSPS) is 20.3. The molecule has 0 spiro atoms. The van der Waals surface area contributed by atoms with Crippen molar-refractivity contribution < 1.29 is 9.26 Å². The van der Waals surface area contributed by atoms with E-state index in [1.165, 1.54) is 0 Å². The first kappa shape index (κ1) is 12.5. The lowest BCUT2D eigenvalue weighted by atomic mass is 10.2. The van der Waals surface area contributed by atoms with Crippen LogP contribution in [0, 0.1) is 5.92 Å². The Kier molecular flexibility index (Phi) is 4.50. The van der Waals surface area contributed by atoms with Crippen LogP contribution in [-0.2, 0) is 17.7 Å². The molecule has 2 rings (SSSR count). The molecular formula is C12H21N3O2. The van der Waals surface area contributed by atoms with Crippen LogP contribution in [0.5, 0.6) is 0 Å². The molecule has 96 valence electrons. The first-order valence-corrected chi connectivity index (χ1v) is 6.38. The standard InChI is InChI=1S/C12H21N3O2/c1-9(2)7-13-8-12-14-11(15-17-12)6-10-4-3-5-16-10/h9-10,13H,3-8H2,1-2H3. The second-order valence-corrected chi connectivity index (χ2v) is 4.97. The van der Waals surface area contributed by atoms with Crippen molar-refractivity contribution in [3.05, 3.63) is 11.7 Å². The van der Waals surface area contributed by atoms with Gasteiger partial charge in [-0.15, -0.1) is 0 Å². The maximum absolute atomic E-state index is 5.54. The SMILES string of the molecule is CC(C)CNCc1nc(CC2CCCO2)no1. The largest absolute Gasteiger partial charge is 0.378 e. The third kappa shape index (κ3) is 4.09. The van der Waals surface area contributed by atoms with Crippen LogP contribution in [0.1, 0.15) is 38.4 Å². The third-order valence-electron chi connectivity index (χ3n) is 2.77. The van der Waals surface area contributed by atoms with Crippen molar-refractivity contribution in [3.8, 4) is 0 Å². The van der Waals surface area contributed by atoms with Crippen molar-refractivity contribution in [2.45, 2.75) is 45.8 Å². The average molecular weight is 239 g/mol. The summed E-state index contributed by atoms with van der Waals surface area (Å²) in [6, 6.07) is 0. The quantitative estimate of drug-likeness (QED) is 0.816. The number of nitrogens with one attached hydrogen (secondary N) is 1. The molecule has 0 aliphatic carbocycles. The van der Waals surface area contributed by atoms with E-state index in [2.05, 4.69) is 29.3 Å². The molecular weight excluding hydrogens is 218 g/mol. The Morgan fingerprint density at radius 2 is 2.35 bits per heavy atom. The number of hydrogen-bond donors (Lipinski definition) is 1. The summed E-state index contributed by atoms with van der Waals surface area (Å²) in [4.78, 5) is 4.35. The van der Waals surface area contributed by atoms with Gasteiger partial charge in [-0.3, -0.25) is 0 Å². The number of nitrogens with zero attached hydrogens (tertiary/aromatic N) is 2. The molecule has 1 aromatic heterocycles. The van der Waals surface area contributed by atoms with Crippen LogP contribution >= 0.6 is 0 Å². The van der Waals surface area contributed by atoms with Crippen LogP contribution in [0.15, 0.2) is 4.52 Å². The highest BCUT2D eigenvalue weighted by molar-refractivity contribution is 4.89. The van der Waals surface area contributed by atoms with Crippen LogP contribution < -0.4 is 5.32 Å². The Labute approximate surface area is 102 Å². The van der Waals surface area contributed by atoms with Crippen LogP contribution in [0.25, 0.3) is 0 Å². The molecule has 1 aliphatic heterocycles. The lowest BCUT2D eigenvalue weighted by Gasteiger charge is -2.04. The fourth-order valence-corrected chi connectivity index (χ4v) is 1.92. The van der Waals surface area contributed by atoms with Crippen LogP contribution in [0.2, 0.25) is 0 Å². The summed E-state index contributed by atoms with van der Waals surface area (Å²) in [5.41, 5.74) is 0. The van der Waals surface area contributed by atoms with Crippen molar-refractivity contribution in [1.82, 2.24) is 15.5 Å². The highest BCUT2D eigenvalue weighted by atomic mass is 16.5. The van der Waals surface area contributed by atoms with Gasteiger partial charge in [0.25, 0.3) is 0 Å². The maximum Gasteiger partial charge on any atom is 0.240 e. The Morgan fingerprint density at radius 1 is 1.47 bits per heavy atom. The highest BCUT2D eigenvalue weighted by Gasteiger charge is 2.18. The summed E-state index contributed by atoms with van der Waals surface area (Å²) >= 11 is 0. The summed E-state index contributed by atoms with van der Waals surface area (Å²) in [6.45, 7) is 6.82. The van der Waals surface area contributed by atoms with E-state index in [-0.39, 0.29) is 6.10 Å². The zero-order valence-corrected chi connectivity index (χ0v) is 10.6. The second-order valence-electron chi connectivity index (χ2n) is 4.97. The Balaban J connectivity index is 1.75. The Morgan fingerprint density at radius 3 is 3.06 bits per heavy atom. The van der Waals surface area contributed by atoms with Gasteiger partial charge in [-0.1, -0.05) is 19.0 Å². The van der Waals surface area contributed by atoms with Gasteiger partial charge >= 0.3 is 0 Å². The number of hydrogen-bond acceptors (Lipinski definition) is 5. The summed E-state index contributed by atoms with van der Waals surface area (Å²) in [7, 11) is 0. The first-order valence-electron chi connectivity index (χ1n) is 6.38. The molecule has 1 saturated heterocycles. The van der Waals surface area contributed by atoms with E-state index in [1.807, 2.05) is 0 Å². The molecule has 1 fully saturated rings. The molecule has 1 aliphatic rings. The lowest BCUT2D eigenvalue weighted by Crippen LogP contribution is -2.19. The Hall–Kier alpha value is -0.940. The number of ether oxygens (including phenoxy) is 1. The van der Waals surface area contributed by atoms with Gasteiger partial charge < -0.3 is 14.6 Å². The summed E-state index contributed by atoms with van der Waals surface area (Å²) < 4.78 is 10.7. The van der Waals surface area contributed by atoms with Crippen LogP contribution in [-0.4, -0.2) is 29.4 Å². The van der Waals surface area contributed by atoms with Crippen molar-refractivity contribution in [2.75, 3.05) is 13.2 Å². The predicted molar refractivity (Wildman–Crippen MR) is 63.5 cm³/mol. The molecule has 0 amide bonds. The molecule has 0 bridgehead atoms. The van der Waals surface area contributed by atoms with Gasteiger partial charge in [-0.2, -0.15) is 4.98 Å². The first-order chi connectivity index (χ1) is 8.24. The molecule has 1 atom stereocenters. The molecule has 17 heavy (non-hydrogen) atoms. The van der Waals surface area contributed by atoms with E-state index in [4.69, 9.17) is 9.26 Å². The molecule has 5 heteroatoms. The van der Waals surface area contributed by atoms with Crippen molar-refractivity contribution in [2.24, 2.45) is 5.92 Å². The topological polar surface area (TPSA) is 60.2 Å². The fraction of sp³-hybridized carbons (Fsp3) is 0.833. The molecule has 1 N–H and O–H groups in total. The molecule has 1 unspecified atom stereocenters. The monoisotopic (exact) mass is 239 g/mol. The zero-order chi connectivity index (χ0) is 12.1. The molecule has 0 radical (unpaired) electrons. The number of rotatable bonds is 6. The van der Waals surface area contributed by atoms with Crippen molar-refractivity contribution in [1.29, 1.82) is 0 Å². The van der Waals surface area contributed by atoms with E-state index in [9.17, 15) is 0 Å². The van der Waals surface area contributed by atoms with Crippen molar-refractivity contribution in [3.63, 3.8) is 0 Å². The highest BCUT2D eigenvalue weighted by Crippen LogP contribution is 2.15. The van der Waals surface area contributed by atoms with Crippen LogP contribution in [0.4, 0.5) is 0 Å². The van der Waals surface area contributed by atoms with Crippen molar-refractivity contribution >= 4 is 0 Å². The van der Waals surface area contributed by atoms with Gasteiger partial charge in [-0.05, 0) is 25.3 Å². The van der Waals surface area contributed by atoms with E-state index in [0.29, 0.717) is 18.4 Å². The molecule has 0 saturated carbocycles. The summed E-state index contributed by atoms with van der Waals surface area (Å²) in [5, 5.41) is 7.25. The fourth-order valence-electron chi connectivity index (χ4n) is 1.92. The zero-order valence-electron chi connectivity index (χ0n) is 10.6. The predicted octanol–water partition coefficient (Wildman–Crippen LogP) is 1.54. The summed E-state index contributed by atoms with van der Waals surface area (Å²) in [5.74, 6) is 2.06. The van der Waals surface area contributed by atoms with Gasteiger partial charge in [0.1, 0.15) is 0 Å². The second kappa shape index (κ2) is 6.12. The maximum atomic E-state index is 5.54. The molecule has 0 aromatic carbocycles. The minimum Gasteiger partial charge on any atom is -0.378 e. The summed E-state index contributed by atoms with van der Waals surface area (Å²) in [6.07, 6.45) is 3.30.